The van der Waals surface area contributed by atoms with Crippen LogP contribution < -0.4 is 16.0 Å². The molecule has 0 aliphatic rings. The number of aromatic nitrogens is 1. The highest BCUT2D eigenvalue weighted by Gasteiger charge is 2.42. The number of nitrogens with one attached hydrogen (secondary N) is 3. The van der Waals surface area contributed by atoms with Gasteiger partial charge >= 0.3 is 12.2 Å². The lowest BCUT2D eigenvalue weighted by molar-refractivity contribution is -0.132. The number of amides is 4. The minimum atomic E-state index is -1.35. The van der Waals surface area contributed by atoms with E-state index < -0.39 is 71.7 Å². The number of rotatable bonds is 16. The van der Waals surface area contributed by atoms with E-state index in [0.29, 0.717) is 0 Å². The number of carbonyl (C=O) groups is 4. The van der Waals surface area contributed by atoms with E-state index in [1.807, 2.05) is 72.8 Å². The van der Waals surface area contributed by atoms with Crippen LogP contribution in [0.1, 0.15) is 52.2 Å². The van der Waals surface area contributed by atoms with E-state index in [1.165, 1.54) is 14.2 Å². The molecule has 6 N–H and O–H groups in total. The van der Waals surface area contributed by atoms with E-state index in [-0.39, 0.29) is 19.3 Å². The van der Waals surface area contributed by atoms with E-state index in [1.54, 1.807) is 40.8 Å². The molecule has 0 spiro atoms. The van der Waals surface area contributed by atoms with Crippen LogP contribution in [-0.4, -0.2) is 100 Å². The van der Waals surface area contributed by atoms with Gasteiger partial charge in [0.2, 0.25) is 11.8 Å². The predicted molar refractivity (Wildman–Crippen MR) is 197 cm³/mol. The number of hydrogen-bond donors (Lipinski definition) is 6. The molecule has 3 rings (SSSR count). The highest BCUT2D eigenvalue weighted by atomic mass is 16.5. The molecule has 0 radical (unpaired) electrons. The molecule has 2 aromatic carbocycles. The minimum Gasteiger partial charge on any atom is -0.465 e. The molecule has 282 valence electrons. The Balaban J connectivity index is 1.99. The summed E-state index contributed by atoms with van der Waals surface area (Å²) in [6, 6.07) is 18.6. The van der Waals surface area contributed by atoms with Crippen molar-refractivity contribution >= 4 is 24.0 Å². The van der Waals surface area contributed by atoms with Crippen molar-refractivity contribution < 1.29 is 39.2 Å². The molecule has 52 heavy (non-hydrogen) atoms. The van der Waals surface area contributed by atoms with E-state index in [4.69, 9.17) is 4.74 Å². The Kier molecular flexibility index (Phi) is 14.7. The number of nitrogens with zero attached hydrogens (tertiary/aromatic N) is 2. The lowest BCUT2D eigenvalue weighted by Gasteiger charge is -2.38. The highest BCUT2D eigenvalue weighted by Crippen LogP contribution is 2.26. The summed E-state index contributed by atoms with van der Waals surface area (Å²) in [4.78, 5) is 57.2. The first-order chi connectivity index (χ1) is 24.5. The summed E-state index contributed by atoms with van der Waals surface area (Å²) in [7, 11) is 2.47. The van der Waals surface area contributed by atoms with Gasteiger partial charge in [-0.3, -0.25) is 19.5 Å². The maximum Gasteiger partial charge on any atom is 0.407 e. The lowest BCUT2D eigenvalue weighted by Crippen LogP contribution is -2.60. The Morgan fingerprint density at radius 2 is 1.44 bits per heavy atom. The molecule has 0 saturated heterocycles. The second-order valence-corrected chi connectivity index (χ2v) is 14.8. The average molecular weight is 720 g/mol. The molecule has 0 fully saturated rings. The SMILES string of the molecule is COC(=O)N[C@H](C(=O)N[C@@H](Cc1ccc(-c2ccccn2)cc1)C[C@H](O)[C@H](Cc1ccccc1)NC(=O)[C@@H](N(C)C(=O)O)C(C)(C)CO)C(C)(C)C. The largest absolute Gasteiger partial charge is 0.465 e. The summed E-state index contributed by atoms with van der Waals surface area (Å²) in [6.45, 7) is 8.10. The molecule has 0 unspecified atom stereocenters. The molecule has 1 aromatic heterocycles. The van der Waals surface area contributed by atoms with Gasteiger partial charge in [0.15, 0.2) is 0 Å². The van der Waals surface area contributed by atoms with E-state index in [2.05, 4.69) is 20.9 Å². The average Bonchev–Trinajstić information content (AvgIpc) is 3.10. The van der Waals surface area contributed by atoms with Crippen molar-refractivity contribution in [2.45, 2.75) is 84.2 Å². The fourth-order valence-electron chi connectivity index (χ4n) is 6.08. The van der Waals surface area contributed by atoms with Gasteiger partial charge < -0.3 is 36.0 Å². The number of likely N-dealkylation sites (N-methyl/N-ethyl adjacent to an activating group) is 1. The molecule has 4 amide bonds. The molecule has 0 bridgehead atoms. The second-order valence-electron chi connectivity index (χ2n) is 14.8. The van der Waals surface area contributed by atoms with Crippen LogP contribution in [0.15, 0.2) is 79.0 Å². The summed E-state index contributed by atoms with van der Waals surface area (Å²) in [5.41, 5.74) is 1.48. The fourth-order valence-corrected chi connectivity index (χ4v) is 6.08. The second kappa shape index (κ2) is 18.5. The Bertz CT molecular complexity index is 1610. The Morgan fingerprint density at radius 1 is 0.827 bits per heavy atom. The third kappa shape index (κ3) is 11.8. The number of aliphatic hydroxyl groups excluding tert-OH is 2. The van der Waals surface area contributed by atoms with Gasteiger partial charge in [-0.15, -0.1) is 0 Å². The van der Waals surface area contributed by atoms with E-state index >= 15 is 0 Å². The van der Waals surface area contributed by atoms with Gasteiger partial charge in [-0.1, -0.05) is 95.3 Å². The number of alkyl carbamates (subject to hydrolysis) is 1. The Labute approximate surface area is 305 Å². The number of benzene rings is 2. The summed E-state index contributed by atoms with van der Waals surface area (Å²) in [5, 5.41) is 40.3. The van der Waals surface area contributed by atoms with Gasteiger partial charge in [0.1, 0.15) is 12.1 Å². The number of methoxy groups -OCH3 is 1. The third-order valence-electron chi connectivity index (χ3n) is 9.02. The lowest BCUT2D eigenvalue weighted by atomic mass is 9.83. The maximum atomic E-state index is 13.9. The van der Waals surface area contributed by atoms with Gasteiger partial charge in [-0.05, 0) is 47.9 Å². The number of carbonyl (C=O) groups excluding carboxylic acids is 3. The van der Waals surface area contributed by atoms with Gasteiger partial charge in [0, 0.05) is 30.3 Å². The molecule has 3 aromatic rings. The molecule has 1 heterocycles. The Morgan fingerprint density at radius 3 is 1.98 bits per heavy atom. The zero-order chi connectivity index (χ0) is 38.6. The zero-order valence-corrected chi connectivity index (χ0v) is 31.0. The molecule has 0 aliphatic carbocycles. The minimum absolute atomic E-state index is 0.0244. The molecule has 0 aliphatic heterocycles. The summed E-state index contributed by atoms with van der Waals surface area (Å²) >= 11 is 0. The number of carboxylic acid groups (broad SMARTS) is 1. The number of aliphatic hydroxyl groups is 2. The monoisotopic (exact) mass is 719 g/mol. The van der Waals surface area contributed by atoms with Gasteiger partial charge in [-0.25, -0.2) is 9.59 Å². The smallest absolute Gasteiger partial charge is 0.407 e. The van der Waals surface area contributed by atoms with Crippen molar-refractivity contribution in [2.75, 3.05) is 20.8 Å². The predicted octanol–water partition coefficient (Wildman–Crippen LogP) is 4.02. The normalized spacial score (nSPS) is 14.6. The quantitative estimate of drug-likeness (QED) is 0.127. The third-order valence-corrected chi connectivity index (χ3v) is 9.02. The van der Waals surface area contributed by atoms with Crippen LogP contribution in [-0.2, 0) is 27.2 Å². The van der Waals surface area contributed by atoms with Crippen molar-refractivity contribution in [1.29, 1.82) is 0 Å². The van der Waals surface area contributed by atoms with E-state index in [0.717, 1.165) is 27.3 Å². The summed E-state index contributed by atoms with van der Waals surface area (Å²) < 4.78 is 4.78. The van der Waals surface area contributed by atoms with Gasteiger partial charge in [0.05, 0.1) is 31.6 Å². The summed E-state index contributed by atoms with van der Waals surface area (Å²) in [5.74, 6) is -1.18. The van der Waals surface area contributed by atoms with Gasteiger partial charge in [0.25, 0.3) is 0 Å². The number of hydrogen-bond acceptors (Lipinski definition) is 8. The summed E-state index contributed by atoms with van der Waals surface area (Å²) in [6.07, 6.45) is -1.21. The number of ether oxygens (including phenoxy) is 1. The molecule has 5 atom stereocenters. The molecule has 13 nitrogen and oxygen atoms in total. The van der Waals surface area contributed by atoms with Crippen molar-refractivity contribution in [1.82, 2.24) is 25.8 Å². The first-order valence-electron chi connectivity index (χ1n) is 17.2. The zero-order valence-electron chi connectivity index (χ0n) is 31.0. The molecular weight excluding hydrogens is 666 g/mol. The van der Waals surface area contributed by atoms with E-state index in [9.17, 15) is 34.5 Å². The number of pyridine rings is 1. The standard InChI is InChI=1S/C39H53N5O8/c1-38(2,3)32(43-36(49)52-7)34(47)41-28(21-26-16-18-27(19-17-26)29-15-11-12-20-40-29)23-31(46)30(22-25-13-9-8-10-14-25)42-35(48)33(39(4,5)24-45)44(6)37(50)51/h8-20,28,30-33,45-46H,21-24H2,1-7H3,(H,41,47)(H,42,48)(H,43,49)(H,50,51)/t28-,30-,31-,32+,33+/m0/s1. The van der Waals surface area contributed by atoms with Crippen LogP contribution in [0, 0.1) is 10.8 Å². The molecule has 0 saturated carbocycles. The molecule has 13 heteroatoms. The van der Waals surface area contributed by atoms with Crippen LogP contribution in [0.3, 0.4) is 0 Å². The fraction of sp³-hybridized carbons (Fsp3) is 0.462. The topological polar surface area (TPSA) is 190 Å². The first-order valence-corrected chi connectivity index (χ1v) is 17.2. The van der Waals surface area contributed by atoms with Crippen molar-refractivity contribution in [2.24, 2.45) is 10.8 Å². The van der Waals surface area contributed by atoms with Gasteiger partial charge in [-0.2, -0.15) is 0 Å². The van der Waals surface area contributed by atoms with Crippen molar-refractivity contribution in [3.63, 3.8) is 0 Å². The Hall–Kier alpha value is -5.01. The first kappa shape index (κ1) is 41.4. The van der Waals surface area contributed by atoms with Crippen LogP contribution in [0.5, 0.6) is 0 Å². The van der Waals surface area contributed by atoms with Crippen LogP contribution in [0.25, 0.3) is 11.3 Å². The maximum absolute atomic E-state index is 13.9. The molecular formula is C39H53N5O8. The van der Waals surface area contributed by atoms with Crippen LogP contribution in [0.2, 0.25) is 0 Å². The van der Waals surface area contributed by atoms with Crippen LogP contribution >= 0.6 is 0 Å². The van der Waals surface area contributed by atoms with Crippen molar-refractivity contribution in [3.05, 3.63) is 90.1 Å². The van der Waals surface area contributed by atoms with Crippen molar-refractivity contribution in [3.8, 4) is 11.3 Å². The van der Waals surface area contributed by atoms with Crippen LogP contribution in [0.4, 0.5) is 9.59 Å². The highest BCUT2D eigenvalue weighted by molar-refractivity contribution is 5.87.